The van der Waals surface area contributed by atoms with E-state index in [0.717, 1.165) is 6.42 Å². The van der Waals surface area contributed by atoms with Gasteiger partial charge in [0.25, 0.3) is 0 Å². The summed E-state index contributed by atoms with van der Waals surface area (Å²) in [6, 6.07) is 16.5. The van der Waals surface area contributed by atoms with E-state index < -0.39 is 0 Å². The van der Waals surface area contributed by atoms with Crippen molar-refractivity contribution < 1.29 is 4.79 Å². The van der Waals surface area contributed by atoms with E-state index >= 15 is 0 Å². The fourth-order valence-electron chi connectivity index (χ4n) is 3.66. The fraction of sp³-hybridized carbons (Fsp3) is 0.240. The number of rotatable bonds is 0. The lowest BCUT2D eigenvalue weighted by molar-refractivity contribution is -0.117. The molecule has 2 aromatic heterocycles. The van der Waals surface area contributed by atoms with E-state index in [-0.39, 0.29) is 11.2 Å². The van der Waals surface area contributed by atoms with Crippen molar-refractivity contribution in [2.75, 3.05) is 0 Å². The quantitative estimate of drug-likeness (QED) is 0.356. The second-order valence-corrected chi connectivity index (χ2v) is 8.14. The van der Waals surface area contributed by atoms with E-state index in [0.29, 0.717) is 6.42 Å². The van der Waals surface area contributed by atoms with Crippen molar-refractivity contribution in [2.24, 2.45) is 5.41 Å². The lowest BCUT2D eigenvalue weighted by Crippen LogP contribution is -2.20. The Morgan fingerprint density at radius 2 is 1.11 bits per heavy atom. The molecule has 2 aromatic carbocycles. The third kappa shape index (κ3) is 5.46. The molecule has 4 aromatic rings. The van der Waals surface area contributed by atoms with Crippen molar-refractivity contribution >= 4 is 27.3 Å². The van der Waals surface area contributed by atoms with Gasteiger partial charge in [-0.25, -0.2) is 0 Å². The van der Waals surface area contributed by atoms with Gasteiger partial charge in [-0.15, -0.1) is 0 Å². The second-order valence-electron chi connectivity index (χ2n) is 8.14. The van der Waals surface area contributed by atoms with Crippen LogP contribution in [0.1, 0.15) is 33.6 Å². The zero-order valence-corrected chi connectivity index (χ0v) is 16.8. The molecule has 0 saturated heterocycles. The first kappa shape index (κ1) is 19.7. The van der Waals surface area contributed by atoms with E-state index in [1.807, 2.05) is 56.0 Å². The lowest BCUT2D eigenvalue weighted by atomic mass is 9.77. The highest BCUT2D eigenvalue weighted by molar-refractivity contribution is 5.91. The summed E-state index contributed by atoms with van der Waals surface area (Å²) in [5, 5.41) is 5.10. The molecule has 2 heterocycles. The molecule has 1 aliphatic carbocycles. The number of benzene rings is 2. The first-order valence-electron chi connectivity index (χ1n) is 9.66. The lowest BCUT2D eigenvalue weighted by Gasteiger charge is -2.27. The zero-order chi connectivity index (χ0) is 20.0. The zero-order valence-electron chi connectivity index (χ0n) is 16.8. The Bertz CT molecular complexity index is 956. The van der Waals surface area contributed by atoms with Crippen molar-refractivity contribution in [3.05, 3.63) is 85.0 Å². The normalized spacial score (nSPS) is 15.2. The molecule has 5 rings (SSSR count). The van der Waals surface area contributed by atoms with Crippen LogP contribution in [0.15, 0.2) is 85.0 Å². The number of aromatic amines is 2. The van der Waals surface area contributed by atoms with Crippen molar-refractivity contribution in [1.82, 2.24) is 9.97 Å². The van der Waals surface area contributed by atoms with Gasteiger partial charge in [-0.2, -0.15) is 0 Å². The molecule has 3 heteroatoms. The molecule has 0 radical (unpaired) electrons. The van der Waals surface area contributed by atoms with E-state index in [1.54, 1.807) is 6.08 Å². The van der Waals surface area contributed by atoms with Crippen LogP contribution in [0.25, 0.3) is 21.5 Å². The van der Waals surface area contributed by atoms with Gasteiger partial charge in [-0.3, -0.25) is 4.79 Å². The third-order valence-corrected chi connectivity index (χ3v) is 4.76. The maximum absolute atomic E-state index is 11.0. The summed E-state index contributed by atoms with van der Waals surface area (Å²) in [7, 11) is 0. The van der Waals surface area contributed by atoms with Gasteiger partial charge >= 0.3 is 0 Å². The molecule has 144 valence electrons. The number of ketones is 1. The fourth-order valence-corrected chi connectivity index (χ4v) is 3.66. The number of fused-ring (bicyclic) bond motifs is 2. The Kier molecular flexibility index (Phi) is 6.15. The van der Waals surface area contributed by atoms with Crippen molar-refractivity contribution in [3.63, 3.8) is 0 Å². The van der Waals surface area contributed by atoms with E-state index in [1.165, 1.54) is 27.1 Å². The Hall–Kier alpha value is -3.07. The number of H-pyrrole nitrogens is 2. The molecular weight excluding hydrogens is 344 g/mol. The standard InChI is InChI=1S/C9H14O.2C8H7N/c1-7-4-8(10)6-9(2,3)5-7;2*1-2-4-8-6-9-5-7(8)3-1/h4H,5-6H2,1-3H3;2*1-6,9H. The SMILES string of the molecule is CC1=CC(=O)CC(C)(C)C1.c1ccc2c[nH]cc2c1.c1ccc2c[nH]cc2c1. The topological polar surface area (TPSA) is 48.6 Å². The molecule has 3 nitrogen and oxygen atoms in total. The minimum atomic E-state index is 0.204. The number of hydrogen-bond acceptors (Lipinski definition) is 1. The van der Waals surface area contributed by atoms with Crippen LogP contribution in [-0.4, -0.2) is 15.8 Å². The van der Waals surface area contributed by atoms with Crippen LogP contribution in [0.2, 0.25) is 0 Å². The van der Waals surface area contributed by atoms with Gasteiger partial charge in [0.15, 0.2) is 5.78 Å². The van der Waals surface area contributed by atoms with E-state index in [4.69, 9.17) is 0 Å². The molecule has 0 fully saturated rings. The van der Waals surface area contributed by atoms with Gasteiger partial charge in [0.2, 0.25) is 0 Å². The third-order valence-electron chi connectivity index (χ3n) is 4.76. The molecule has 0 aliphatic heterocycles. The summed E-state index contributed by atoms with van der Waals surface area (Å²) in [5.41, 5.74) is 1.43. The minimum Gasteiger partial charge on any atom is -0.366 e. The van der Waals surface area contributed by atoms with Crippen LogP contribution in [0.3, 0.4) is 0 Å². The molecular formula is C25H28N2O. The summed E-state index contributed by atoms with van der Waals surface area (Å²) in [4.78, 5) is 17.1. The van der Waals surface area contributed by atoms with Gasteiger partial charge in [0.1, 0.15) is 0 Å². The summed E-state index contributed by atoms with van der Waals surface area (Å²) in [6.07, 6.45) is 11.5. The van der Waals surface area contributed by atoms with Crippen LogP contribution in [-0.2, 0) is 4.79 Å². The number of carbonyl (C=O) groups is 1. The van der Waals surface area contributed by atoms with Crippen LogP contribution < -0.4 is 0 Å². The monoisotopic (exact) mass is 372 g/mol. The Morgan fingerprint density at radius 1 is 0.714 bits per heavy atom. The summed E-state index contributed by atoms with van der Waals surface area (Å²) in [5.74, 6) is 0.286. The molecule has 0 spiro atoms. The van der Waals surface area contributed by atoms with Gasteiger partial charge in [-0.1, -0.05) is 68.0 Å². The van der Waals surface area contributed by atoms with Gasteiger partial charge in [-0.05, 0) is 46.4 Å². The van der Waals surface area contributed by atoms with E-state index in [2.05, 4.69) is 48.1 Å². The summed E-state index contributed by atoms with van der Waals surface area (Å²) in [6.45, 7) is 6.31. The molecule has 0 atom stereocenters. The molecule has 0 unspecified atom stereocenters. The number of hydrogen-bond donors (Lipinski definition) is 2. The smallest absolute Gasteiger partial charge is 0.156 e. The largest absolute Gasteiger partial charge is 0.366 e. The van der Waals surface area contributed by atoms with E-state index in [9.17, 15) is 4.79 Å². The minimum absolute atomic E-state index is 0.204. The average molecular weight is 373 g/mol. The second kappa shape index (κ2) is 8.75. The Balaban J connectivity index is 0.000000121. The Labute approximate surface area is 166 Å². The highest BCUT2D eigenvalue weighted by atomic mass is 16.1. The first-order valence-corrected chi connectivity index (χ1v) is 9.66. The van der Waals surface area contributed by atoms with Crippen LogP contribution in [0.5, 0.6) is 0 Å². The maximum atomic E-state index is 11.0. The molecule has 28 heavy (non-hydrogen) atoms. The molecule has 0 saturated carbocycles. The average Bonchev–Trinajstić information content (AvgIpc) is 3.30. The van der Waals surface area contributed by atoms with Crippen LogP contribution in [0.4, 0.5) is 0 Å². The molecule has 0 amide bonds. The summed E-state index contributed by atoms with van der Waals surface area (Å²) < 4.78 is 0. The van der Waals surface area contributed by atoms with Gasteiger partial charge < -0.3 is 9.97 Å². The first-order chi connectivity index (χ1) is 13.4. The van der Waals surface area contributed by atoms with Crippen LogP contribution in [0, 0.1) is 5.41 Å². The molecule has 2 N–H and O–H groups in total. The molecule has 0 bridgehead atoms. The molecule has 1 aliphatic rings. The predicted octanol–water partition coefficient (Wildman–Crippen LogP) is 6.66. The maximum Gasteiger partial charge on any atom is 0.156 e. The van der Waals surface area contributed by atoms with Crippen molar-refractivity contribution in [3.8, 4) is 0 Å². The van der Waals surface area contributed by atoms with Gasteiger partial charge in [0, 0.05) is 31.2 Å². The Morgan fingerprint density at radius 3 is 1.43 bits per heavy atom. The number of allylic oxidation sites excluding steroid dienone is 2. The number of nitrogens with one attached hydrogen (secondary N) is 2. The van der Waals surface area contributed by atoms with Crippen molar-refractivity contribution in [1.29, 1.82) is 0 Å². The number of aromatic nitrogens is 2. The number of carbonyl (C=O) groups excluding carboxylic acids is 1. The highest BCUT2D eigenvalue weighted by Gasteiger charge is 2.25. The summed E-state index contributed by atoms with van der Waals surface area (Å²) >= 11 is 0. The highest BCUT2D eigenvalue weighted by Crippen LogP contribution is 2.32. The van der Waals surface area contributed by atoms with Crippen LogP contribution >= 0.6 is 0 Å². The van der Waals surface area contributed by atoms with Gasteiger partial charge in [0.05, 0.1) is 0 Å². The van der Waals surface area contributed by atoms with Crippen molar-refractivity contribution in [2.45, 2.75) is 33.6 Å². The predicted molar refractivity (Wildman–Crippen MR) is 118 cm³/mol.